The predicted molar refractivity (Wildman–Crippen MR) is 78.3 cm³/mol. The number of amidine groups is 1. The summed E-state index contributed by atoms with van der Waals surface area (Å²) in [6.45, 7) is 7.96. The first-order chi connectivity index (χ1) is 9.03. The number of hydrogen-bond donors (Lipinski definition) is 2. The van der Waals surface area contributed by atoms with E-state index in [9.17, 15) is 0 Å². The zero-order chi connectivity index (χ0) is 13.9. The van der Waals surface area contributed by atoms with Crippen molar-refractivity contribution in [3.05, 3.63) is 0 Å². The maximum atomic E-state index is 8.75. The summed E-state index contributed by atoms with van der Waals surface area (Å²) in [5.74, 6) is 2.34. The fraction of sp³-hybridized carbons (Fsp3) is 0.933. The molecule has 0 aromatic rings. The third-order valence-corrected chi connectivity index (χ3v) is 5.13. The summed E-state index contributed by atoms with van der Waals surface area (Å²) < 4.78 is 0. The van der Waals surface area contributed by atoms with E-state index in [0.717, 1.165) is 24.7 Å². The molecule has 0 amide bonds. The van der Waals surface area contributed by atoms with Crippen molar-refractivity contribution in [2.45, 2.75) is 52.4 Å². The topological polar surface area (TPSA) is 61.8 Å². The number of nitrogens with zero attached hydrogens (tertiary/aromatic N) is 2. The molecular weight excluding hydrogens is 238 g/mol. The van der Waals surface area contributed by atoms with Gasteiger partial charge in [-0.05, 0) is 44.1 Å². The Labute approximate surface area is 117 Å². The van der Waals surface area contributed by atoms with Crippen LogP contribution in [0.1, 0.15) is 52.4 Å². The Bertz CT molecular complexity index is 315. The molecule has 1 aliphatic heterocycles. The first-order valence-corrected chi connectivity index (χ1v) is 7.73. The maximum Gasteiger partial charge on any atom is 0.144 e. The summed E-state index contributed by atoms with van der Waals surface area (Å²) in [5, 5.41) is 11.9. The molecule has 0 spiro atoms. The minimum Gasteiger partial charge on any atom is -0.409 e. The first-order valence-electron chi connectivity index (χ1n) is 7.73. The lowest BCUT2D eigenvalue weighted by Gasteiger charge is -2.23. The standard InChI is InChI=1S/C15H29N3O/c1-15(2,14(16)17-19)8-3-4-9-18-10-12-6-5-7-13(12)11-18/h12-13,19H,3-11H2,1-2H3,(H2,16,17). The second-order valence-corrected chi connectivity index (χ2v) is 7.04. The van der Waals surface area contributed by atoms with E-state index in [1.54, 1.807) is 0 Å². The highest BCUT2D eigenvalue weighted by Crippen LogP contribution is 2.37. The van der Waals surface area contributed by atoms with Crippen LogP contribution in [0.2, 0.25) is 0 Å². The van der Waals surface area contributed by atoms with Crippen LogP contribution < -0.4 is 5.73 Å². The van der Waals surface area contributed by atoms with Crippen molar-refractivity contribution < 1.29 is 5.21 Å². The van der Waals surface area contributed by atoms with E-state index in [4.69, 9.17) is 10.9 Å². The molecule has 1 aliphatic carbocycles. The molecule has 0 aromatic carbocycles. The summed E-state index contributed by atoms with van der Waals surface area (Å²) in [5.41, 5.74) is 5.52. The largest absolute Gasteiger partial charge is 0.409 e. The number of hydrogen-bond acceptors (Lipinski definition) is 3. The van der Waals surface area contributed by atoms with Crippen molar-refractivity contribution in [1.29, 1.82) is 0 Å². The second kappa shape index (κ2) is 6.12. The van der Waals surface area contributed by atoms with Crippen molar-refractivity contribution in [3.63, 3.8) is 0 Å². The molecule has 0 radical (unpaired) electrons. The van der Waals surface area contributed by atoms with Gasteiger partial charge >= 0.3 is 0 Å². The minimum absolute atomic E-state index is 0.184. The summed E-state index contributed by atoms with van der Waals surface area (Å²) in [6, 6.07) is 0. The Hall–Kier alpha value is -0.770. The van der Waals surface area contributed by atoms with Crippen LogP contribution in [0.3, 0.4) is 0 Å². The van der Waals surface area contributed by atoms with Gasteiger partial charge in [0.05, 0.1) is 0 Å². The average molecular weight is 267 g/mol. The lowest BCUT2D eigenvalue weighted by atomic mass is 9.86. The summed E-state index contributed by atoms with van der Waals surface area (Å²) in [7, 11) is 0. The summed E-state index contributed by atoms with van der Waals surface area (Å²) >= 11 is 0. The lowest BCUT2D eigenvalue weighted by molar-refractivity contribution is 0.289. The van der Waals surface area contributed by atoms with Crippen LogP contribution in [0.4, 0.5) is 0 Å². The van der Waals surface area contributed by atoms with Crippen LogP contribution in [-0.2, 0) is 0 Å². The molecule has 0 aromatic heterocycles. The number of oxime groups is 1. The van der Waals surface area contributed by atoms with Gasteiger partial charge in [-0.1, -0.05) is 31.8 Å². The highest BCUT2D eigenvalue weighted by atomic mass is 16.4. The van der Waals surface area contributed by atoms with Gasteiger partial charge in [0.15, 0.2) is 0 Å². The van der Waals surface area contributed by atoms with E-state index in [1.807, 2.05) is 13.8 Å². The molecule has 2 atom stereocenters. The molecule has 4 nitrogen and oxygen atoms in total. The Kier molecular flexibility index (Phi) is 4.71. The molecule has 1 saturated heterocycles. The Morgan fingerprint density at radius 2 is 1.89 bits per heavy atom. The van der Waals surface area contributed by atoms with Crippen LogP contribution in [-0.4, -0.2) is 35.6 Å². The summed E-state index contributed by atoms with van der Waals surface area (Å²) in [4.78, 5) is 2.64. The molecule has 110 valence electrons. The maximum absolute atomic E-state index is 8.75. The monoisotopic (exact) mass is 267 g/mol. The van der Waals surface area contributed by atoms with Crippen molar-refractivity contribution in [2.24, 2.45) is 28.1 Å². The number of rotatable bonds is 6. The molecule has 2 fully saturated rings. The predicted octanol–water partition coefficient (Wildman–Crippen LogP) is 2.66. The average Bonchev–Trinajstić information content (AvgIpc) is 2.94. The van der Waals surface area contributed by atoms with E-state index >= 15 is 0 Å². The Balaban J connectivity index is 1.62. The molecule has 19 heavy (non-hydrogen) atoms. The number of likely N-dealkylation sites (tertiary alicyclic amines) is 1. The van der Waals surface area contributed by atoms with Gasteiger partial charge in [0.1, 0.15) is 5.84 Å². The number of fused-ring (bicyclic) bond motifs is 1. The smallest absolute Gasteiger partial charge is 0.144 e. The fourth-order valence-corrected chi connectivity index (χ4v) is 3.68. The van der Waals surface area contributed by atoms with Crippen LogP contribution in [0.5, 0.6) is 0 Å². The first kappa shape index (κ1) is 14.6. The van der Waals surface area contributed by atoms with Gasteiger partial charge in [-0.15, -0.1) is 0 Å². The van der Waals surface area contributed by atoms with Gasteiger partial charge in [0, 0.05) is 18.5 Å². The fourth-order valence-electron chi connectivity index (χ4n) is 3.68. The molecule has 1 heterocycles. The van der Waals surface area contributed by atoms with E-state index in [-0.39, 0.29) is 5.41 Å². The quantitative estimate of drug-likeness (QED) is 0.256. The Morgan fingerprint density at radius 1 is 1.26 bits per heavy atom. The van der Waals surface area contributed by atoms with E-state index in [2.05, 4.69) is 10.1 Å². The third kappa shape index (κ3) is 3.62. The molecule has 2 aliphatic rings. The highest BCUT2D eigenvalue weighted by Gasteiger charge is 2.35. The van der Waals surface area contributed by atoms with Crippen molar-refractivity contribution >= 4 is 5.84 Å². The van der Waals surface area contributed by atoms with Gasteiger partial charge in [-0.3, -0.25) is 0 Å². The van der Waals surface area contributed by atoms with Crippen molar-refractivity contribution in [2.75, 3.05) is 19.6 Å². The van der Waals surface area contributed by atoms with Gasteiger partial charge in [0.25, 0.3) is 0 Å². The zero-order valence-corrected chi connectivity index (χ0v) is 12.4. The van der Waals surface area contributed by atoms with Crippen LogP contribution in [0, 0.1) is 17.3 Å². The van der Waals surface area contributed by atoms with Crippen LogP contribution in [0.25, 0.3) is 0 Å². The normalized spacial score (nSPS) is 28.8. The van der Waals surface area contributed by atoms with Gasteiger partial charge in [-0.25, -0.2) is 0 Å². The Morgan fingerprint density at radius 3 is 2.47 bits per heavy atom. The van der Waals surface area contributed by atoms with E-state index < -0.39 is 0 Å². The van der Waals surface area contributed by atoms with Gasteiger partial charge < -0.3 is 15.8 Å². The molecular formula is C15H29N3O. The summed E-state index contributed by atoms with van der Waals surface area (Å²) in [6.07, 6.45) is 7.73. The number of unbranched alkanes of at least 4 members (excludes halogenated alkanes) is 1. The van der Waals surface area contributed by atoms with E-state index in [1.165, 1.54) is 45.3 Å². The molecule has 0 bridgehead atoms. The molecule has 2 rings (SSSR count). The van der Waals surface area contributed by atoms with Crippen LogP contribution >= 0.6 is 0 Å². The van der Waals surface area contributed by atoms with Gasteiger partial charge in [0.2, 0.25) is 0 Å². The molecule has 3 N–H and O–H groups in total. The van der Waals surface area contributed by atoms with Crippen LogP contribution in [0.15, 0.2) is 5.16 Å². The van der Waals surface area contributed by atoms with Crippen molar-refractivity contribution in [1.82, 2.24) is 4.90 Å². The minimum atomic E-state index is -0.184. The van der Waals surface area contributed by atoms with E-state index in [0.29, 0.717) is 5.84 Å². The highest BCUT2D eigenvalue weighted by molar-refractivity contribution is 5.85. The second-order valence-electron chi connectivity index (χ2n) is 7.04. The van der Waals surface area contributed by atoms with Crippen molar-refractivity contribution in [3.8, 4) is 0 Å². The number of nitrogens with two attached hydrogens (primary N) is 1. The lowest BCUT2D eigenvalue weighted by Crippen LogP contribution is -2.32. The van der Waals surface area contributed by atoms with Gasteiger partial charge in [-0.2, -0.15) is 0 Å². The molecule has 2 unspecified atom stereocenters. The third-order valence-electron chi connectivity index (χ3n) is 5.13. The molecule has 4 heteroatoms. The zero-order valence-electron chi connectivity index (χ0n) is 12.4. The molecule has 1 saturated carbocycles. The SMILES string of the molecule is CC(C)(CCCCN1CC2CCCC2C1)C(N)=NO.